The Morgan fingerprint density at radius 1 is 0.581 bits per heavy atom. The summed E-state index contributed by atoms with van der Waals surface area (Å²) in [5.41, 5.74) is 5.23. The third kappa shape index (κ3) is 22.0. The Balaban J connectivity index is 0.000000264. The molecule has 0 unspecified atom stereocenters. The number of anilines is 1. The summed E-state index contributed by atoms with van der Waals surface area (Å²) in [5, 5.41) is 26.2. The molecule has 2 aromatic heterocycles. The van der Waals surface area contributed by atoms with Crippen molar-refractivity contribution in [3.8, 4) is 5.75 Å². The molecule has 16 nitrogen and oxygen atoms in total. The lowest BCUT2D eigenvalue weighted by atomic mass is 9.85. The van der Waals surface area contributed by atoms with Crippen molar-refractivity contribution in [2.24, 2.45) is 29.6 Å². The van der Waals surface area contributed by atoms with E-state index in [0.29, 0.717) is 59.9 Å². The van der Waals surface area contributed by atoms with E-state index in [1.807, 2.05) is 122 Å². The fourth-order valence-corrected chi connectivity index (χ4v) is 15.6. The molecule has 93 heavy (non-hydrogen) atoms. The Morgan fingerprint density at radius 2 is 1.08 bits per heavy atom. The van der Waals surface area contributed by atoms with Gasteiger partial charge in [0.2, 0.25) is 20.0 Å². The Morgan fingerprint density at radius 3 is 1.55 bits per heavy atom. The van der Waals surface area contributed by atoms with Crippen LogP contribution in [0.4, 0.5) is 5.82 Å². The molecule has 8 rings (SSSR count). The summed E-state index contributed by atoms with van der Waals surface area (Å²) < 4.78 is 62.9. The third-order valence-corrected chi connectivity index (χ3v) is 21.5. The summed E-state index contributed by atoms with van der Waals surface area (Å²) in [6, 6.07) is 42.0. The Kier molecular flexibility index (Phi) is 27.5. The van der Waals surface area contributed by atoms with Gasteiger partial charge in [0.15, 0.2) is 23.1 Å². The van der Waals surface area contributed by atoms with Crippen LogP contribution < -0.4 is 9.64 Å². The summed E-state index contributed by atoms with van der Waals surface area (Å²) in [6.45, 7) is 11.6. The zero-order chi connectivity index (χ0) is 67.4. The normalized spacial score (nSPS) is 14.3. The summed E-state index contributed by atoms with van der Waals surface area (Å²) in [4.78, 5) is 65.1. The van der Waals surface area contributed by atoms with Crippen LogP contribution in [0.25, 0.3) is 0 Å². The number of Topliss-reactive ketones (excluding diaryl/α,β-unsaturated/α-hetero) is 4. The molecule has 0 amide bonds. The standard InChI is InChI=1S/C38H51N3O5S.C36H42N2O6S2/c1-27(2)25-41(47(45,46)33-18-16-28(3)17-19-33)26-37(44)31(20-29-12-8-6-9-13-29)23-35(42)32-22-34(39-38(24-32)40(4)5)36(43)21-30-14-10-7-11-15-30;1-25(2)22-38(46(42,43)32-15-13-31(44-4)14-16-32)23-35(41)30(19-27-9-6-5-7-10-27)21-34(40)29-12-8-11-28(20-29)33(39)17-18-36-37-26(3)24-45-36/h6,8-9,12-13,16-19,22,24,27,30-31,37,44H,7,10-11,14-15,20-21,23,25-26H2,1-5H3;5-16,20,24-25,30,35,41H,17-19,21-23H2,1-4H3/t31-,37-;30-,35-/m11/s1. The van der Waals surface area contributed by atoms with E-state index in [4.69, 9.17) is 4.74 Å². The quantitative estimate of drug-likeness (QED) is 0.0365. The zero-order valence-electron chi connectivity index (χ0n) is 55.3. The van der Waals surface area contributed by atoms with Gasteiger partial charge >= 0.3 is 0 Å². The van der Waals surface area contributed by atoms with E-state index in [9.17, 15) is 46.2 Å². The second kappa shape index (κ2) is 34.9. The Bertz CT molecular complexity index is 3780. The van der Waals surface area contributed by atoms with E-state index in [2.05, 4.69) is 9.97 Å². The van der Waals surface area contributed by atoms with Gasteiger partial charge in [0, 0.05) is 100 Å². The number of aromatic nitrogens is 2. The van der Waals surface area contributed by atoms with Crippen LogP contribution in [-0.4, -0.2) is 128 Å². The number of sulfonamides is 2. The first-order valence-corrected chi connectivity index (χ1v) is 36.0. The van der Waals surface area contributed by atoms with Gasteiger partial charge in [-0.25, -0.2) is 26.8 Å². The second-order valence-corrected chi connectivity index (χ2v) is 30.5. The van der Waals surface area contributed by atoms with Crippen molar-refractivity contribution in [2.45, 2.75) is 141 Å². The first-order chi connectivity index (χ1) is 44.3. The largest absolute Gasteiger partial charge is 0.497 e. The van der Waals surface area contributed by atoms with Crippen molar-refractivity contribution in [2.75, 3.05) is 52.3 Å². The summed E-state index contributed by atoms with van der Waals surface area (Å²) in [7, 11) is -2.69. The number of ketones is 4. The highest BCUT2D eigenvalue weighted by Crippen LogP contribution is 2.31. The molecule has 0 spiro atoms. The molecule has 0 saturated heterocycles. The first-order valence-electron chi connectivity index (χ1n) is 32.3. The molecule has 1 aliphatic rings. The number of aryl methyl sites for hydroxylation is 3. The van der Waals surface area contributed by atoms with E-state index < -0.39 is 44.1 Å². The smallest absolute Gasteiger partial charge is 0.243 e. The molecule has 5 aromatic carbocycles. The van der Waals surface area contributed by atoms with E-state index in [-0.39, 0.29) is 95.9 Å². The molecular weight excluding hydrogens is 1230 g/mol. The molecule has 1 fully saturated rings. The van der Waals surface area contributed by atoms with Crippen LogP contribution in [0.1, 0.15) is 154 Å². The number of thiazole rings is 1. The SMILES string of the molecule is COc1ccc(S(=O)(=O)N(CC(C)C)C[C@@H](O)[C@@H](CC(=O)c2cccc(C(=O)CCc3nc(C)cs3)c2)Cc2ccccc2)cc1.Cc1ccc(S(=O)(=O)N(CC(C)C)C[C@@H](O)[C@@H](CC(=O)c2cc(C(=O)CC3CCCCC3)nc(N(C)C)c2)Cc2ccccc2)cc1. The lowest BCUT2D eigenvalue weighted by Crippen LogP contribution is -2.43. The summed E-state index contributed by atoms with van der Waals surface area (Å²) >= 11 is 1.53. The molecule has 0 radical (unpaired) electrons. The number of benzene rings is 5. The molecule has 4 atom stereocenters. The molecular formula is C74H93N5O11S3. The summed E-state index contributed by atoms with van der Waals surface area (Å²) in [5.74, 6) is -0.317. The number of methoxy groups -OCH3 is 1. The van der Waals surface area contributed by atoms with E-state index in [1.165, 1.54) is 45.6 Å². The number of ether oxygens (including phenoxy) is 1. The van der Waals surface area contributed by atoms with Crippen molar-refractivity contribution in [3.63, 3.8) is 0 Å². The van der Waals surface area contributed by atoms with E-state index >= 15 is 0 Å². The molecule has 0 aliphatic heterocycles. The average molecular weight is 1320 g/mol. The number of carbonyl (C=O) groups is 4. The van der Waals surface area contributed by atoms with Crippen LogP contribution in [0.3, 0.4) is 0 Å². The minimum absolute atomic E-state index is 0.00525. The highest BCUT2D eigenvalue weighted by Gasteiger charge is 2.34. The van der Waals surface area contributed by atoms with Gasteiger partial charge < -0.3 is 19.8 Å². The molecule has 7 aromatic rings. The van der Waals surface area contributed by atoms with Crippen molar-refractivity contribution in [3.05, 3.63) is 201 Å². The lowest BCUT2D eigenvalue weighted by Gasteiger charge is -2.30. The second-order valence-electron chi connectivity index (χ2n) is 25.7. The van der Waals surface area contributed by atoms with Crippen LogP contribution in [0.5, 0.6) is 5.75 Å². The van der Waals surface area contributed by atoms with Gasteiger partial charge in [-0.1, -0.05) is 156 Å². The number of aliphatic hydroxyl groups is 2. The fourth-order valence-electron chi connectivity index (χ4n) is 11.6. The van der Waals surface area contributed by atoms with Crippen LogP contribution in [0.15, 0.2) is 161 Å². The fraction of sp³-hybridized carbons (Fsp3) is 0.432. The number of pyridine rings is 1. The molecule has 2 N–H and O–H groups in total. The Labute approximate surface area is 555 Å². The number of nitrogens with zero attached hydrogens (tertiary/aromatic N) is 5. The van der Waals surface area contributed by atoms with Crippen LogP contribution in [0, 0.1) is 43.4 Å². The average Bonchev–Trinajstić information content (AvgIpc) is 1.17. The highest BCUT2D eigenvalue weighted by atomic mass is 32.2. The van der Waals surface area contributed by atoms with Crippen molar-refractivity contribution >= 4 is 60.3 Å². The minimum Gasteiger partial charge on any atom is -0.497 e. The van der Waals surface area contributed by atoms with Gasteiger partial charge in [-0.3, -0.25) is 19.2 Å². The number of carbonyl (C=O) groups excluding carboxylic acids is 4. The maximum Gasteiger partial charge on any atom is 0.243 e. The van der Waals surface area contributed by atoms with Gasteiger partial charge in [-0.2, -0.15) is 8.61 Å². The molecule has 1 saturated carbocycles. The predicted molar refractivity (Wildman–Crippen MR) is 369 cm³/mol. The van der Waals surface area contributed by atoms with Crippen molar-refractivity contribution < 1.29 is 51.0 Å². The van der Waals surface area contributed by atoms with Crippen molar-refractivity contribution in [1.82, 2.24) is 18.6 Å². The highest BCUT2D eigenvalue weighted by molar-refractivity contribution is 7.89. The number of hydrogen-bond acceptors (Lipinski definition) is 15. The number of rotatable bonds is 33. The zero-order valence-corrected chi connectivity index (χ0v) is 57.8. The summed E-state index contributed by atoms with van der Waals surface area (Å²) in [6.07, 6.45) is 5.25. The maximum atomic E-state index is 14.0. The Hall–Kier alpha value is -7.10. The monoisotopic (exact) mass is 1320 g/mol. The molecule has 2 heterocycles. The topological polar surface area (TPSA) is 222 Å². The van der Waals surface area contributed by atoms with Crippen LogP contribution in [-0.2, 0) is 39.3 Å². The van der Waals surface area contributed by atoms with Gasteiger partial charge in [0.05, 0.1) is 34.1 Å². The minimum atomic E-state index is -3.95. The maximum absolute atomic E-state index is 14.0. The molecule has 1 aliphatic carbocycles. The molecule has 498 valence electrons. The number of aliphatic hydroxyl groups excluding tert-OH is 2. The van der Waals surface area contributed by atoms with Crippen molar-refractivity contribution in [1.29, 1.82) is 0 Å². The number of hydrogen-bond donors (Lipinski definition) is 2. The van der Waals surface area contributed by atoms with Gasteiger partial charge in [0.25, 0.3) is 0 Å². The lowest BCUT2D eigenvalue weighted by molar-refractivity contribution is 0.0688. The third-order valence-electron chi connectivity index (χ3n) is 16.8. The predicted octanol–water partition coefficient (Wildman–Crippen LogP) is 13.2. The van der Waals surface area contributed by atoms with Gasteiger partial charge in [-0.15, -0.1) is 11.3 Å². The van der Waals surface area contributed by atoms with Gasteiger partial charge in [0.1, 0.15) is 17.3 Å². The molecule has 0 bridgehead atoms. The van der Waals surface area contributed by atoms with Crippen LogP contribution in [0.2, 0.25) is 0 Å². The van der Waals surface area contributed by atoms with Crippen LogP contribution >= 0.6 is 11.3 Å². The van der Waals surface area contributed by atoms with Gasteiger partial charge in [-0.05, 0) is 122 Å². The van der Waals surface area contributed by atoms with E-state index in [1.54, 1.807) is 77.7 Å². The van der Waals surface area contributed by atoms with E-state index in [0.717, 1.165) is 53.1 Å². The molecule has 19 heteroatoms. The first kappa shape index (κ1) is 73.3.